The maximum Gasteiger partial charge on any atom is 0.302 e. The van der Waals surface area contributed by atoms with Crippen LogP contribution >= 0.6 is 0 Å². The second-order valence-corrected chi connectivity index (χ2v) is 3.22. The van der Waals surface area contributed by atoms with Gasteiger partial charge in [-0.1, -0.05) is 6.92 Å². The molecule has 0 aromatic rings. The molecule has 2 atom stereocenters. The normalized spacial score (nSPS) is 27.5. The molecule has 0 N–H and O–H groups in total. The van der Waals surface area contributed by atoms with Gasteiger partial charge in [0.25, 0.3) is 0 Å². The van der Waals surface area contributed by atoms with Crippen molar-refractivity contribution >= 4 is 5.97 Å². The molecule has 1 aliphatic rings. The first-order valence-electron chi connectivity index (χ1n) is 4.56. The Morgan fingerprint density at radius 1 is 1.54 bits per heavy atom. The topological polar surface area (TPSA) is 44.8 Å². The van der Waals surface area contributed by atoms with Gasteiger partial charge in [-0.2, -0.15) is 0 Å². The van der Waals surface area contributed by atoms with Gasteiger partial charge in [0.1, 0.15) is 6.61 Å². The third-order valence-corrected chi connectivity index (χ3v) is 1.99. The number of carbonyl (C=O) groups is 1. The van der Waals surface area contributed by atoms with E-state index in [-0.39, 0.29) is 12.3 Å². The van der Waals surface area contributed by atoms with E-state index >= 15 is 0 Å². The van der Waals surface area contributed by atoms with Crippen LogP contribution in [0.1, 0.15) is 20.3 Å². The van der Waals surface area contributed by atoms with Gasteiger partial charge in [0, 0.05) is 12.8 Å². The Morgan fingerprint density at radius 2 is 2.31 bits per heavy atom. The highest BCUT2D eigenvalue weighted by Crippen LogP contribution is 2.20. The van der Waals surface area contributed by atoms with Crippen LogP contribution in [0.15, 0.2) is 0 Å². The fourth-order valence-electron chi connectivity index (χ4n) is 1.23. The Bertz CT molecular complexity index is 169. The third kappa shape index (κ3) is 3.74. The van der Waals surface area contributed by atoms with Crippen molar-refractivity contribution < 1.29 is 19.0 Å². The average molecular weight is 188 g/mol. The molecule has 2 unspecified atom stereocenters. The Labute approximate surface area is 78.2 Å². The molecular formula is C9H16O4. The number of carbonyl (C=O) groups excluding carboxylic acids is 1. The molecule has 76 valence electrons. The standard InChI is InChI=1S/C9H16O4/c1-7-3-4-12-9(7)13-6-5-11-8(2)10/h7,9H,3-6H2,1-2H3. The fourth-order valence-corrected chi connectivity index (χ4v) is 1.23. The minimum Gasteiger partial charge on any atom is -0.463 e. The van der Waals surface area contributed by atoms with E-state index in [4.69, 9.17) is 14.2 Å². The van der Waals surface area contributed by atoms with E-state index in [1.807, 2.05) is 0 Å². The molecule has 1 saturated heterocycles. The van der Waals surface area contributed by atoms with Gasteiger partial charge in [-0.15, -0.1) is 0 Å². The summed E-state index contributed by atoms with van der Waals surface area (Å²) >= 11 is 0. The first-order chi connectivity index (χ1) is 6.20. The SMILES string of the molecule is CC(=O)OCCOC1OCCC1C. The summed E-state index contributed by atoms with van der Waals surface area (Å²) < 4.78 is 15.4. The minimum atomic E-state index is -0.274. The van der Waals surface area contributed by atoms with E-state index in [1.165, 1.54) is 6.92 Å². The summed E-state index contributed by atoms with van der Waals surface area (Å²) in [6, 6.07) is 0. The van der Waals surface area contributed by atoms with Crippen LogP contribution in [0.2, 0.25) is 0 Å². The summed E-state index contributed by atoms with van der Waals surface area (Å²) in [6.07, 6.45) is 0.925. The van der Waals surface area contributed by atoms with E-state index in [9.17, 15) is 4.79 Å². The van der Waals surface area contributed by atoms with Crippen molar-refractivity contribution in [2.24, 2.45) is 5.92 Å². The van der Waals surface area contributed by atoms with Gasteiger partial charge in [0.15, 0.2) is 6.29 Å². The van der Waals surface area contributed by atoms with Crippen molar-refractivity contribution in [1.29, 1.82) is 0 Å². The van der Waals surface area contributed by atoms with Crippen LogP contribution in [-0.4, -0.2) is 32.1 Å². The summed E-state index contributed by atoms with van der Waals surface area (Å²) in [5, 5.41) is 0. The second-order valence-electron chi connectivity index (χ2n) is 3.22. The summed E-state index contributed by atoms with van der Waals surface area (Å²) in [5.74, 6) is 0.168. The van der Waals surface area contributed by atoms with E-state index < -0.39 is 0 Å². The molecule has 1 heterocycles. The minimum absolute atomic E-state index is 0.115. The molecule has 0 saturated carbocycles. The van der Waals surface area contributed by atoms with E-state index in [0.29, 0.717) is 19.1 Å². The Kier molecular flexibility index (Phi) is 4.18. The molecule has 1 aliphatic heterocycles. The fraction of sp³-hybridized carbons (Fsp3) is 0.889. The van der Waals surface area contributed by atoms with Gasteiger partial charge in [-0.25, -0.2) is 0 Å². The van der Waals surface area contributed by atoms with Crippen molar-refractivity contribution in [3.8, 4) is 0 Å². The predicted octanol–water partition coefficient (Wildman–Crippen LogP) is 0.949. The Morgan fingerprint density at radius 3 is 2.85 bits per heavy atom. The molecular weight excluding hydrogens is 172 g/mol. The highest BCUT2D eigenvalue weighted by atomic mass is 16.7. The molecule has 0 aliphatic carbocycles. The summed E-state index contributed by atoms with van der Waals surface area (Å²) in [6.45, 7) is 4.95. The first kappa shape index (κ1) is 10.5. The van der Waals surface area contributed by atoms with Crippen LogP contribution in [0.3, 0.4) is 0 Å². The number of hydrogen-bond donors (Lipinski definition) is 0. The van der Waals surface area contributed by atoms with Crippen LogP contribution in [-0.2, 0) is 19.0 Å². The number of ether oxygens (including phenoxy) is 3. The summed E-state index contributed by atoms with van der Waals surface area (Å²) in [5.41, 5.74) is 0. The van der Waals surface area contributed by atoms with Crippen LogP contribution < -0.4 is 0 Å². The zero-order valence-corrected chi connectivity index (χ0v) is 8.12. The molecule has 4 heteroatoms. The number of rotatable bonds is 4. The Hall–Kier alpha value is -0.610. The smallest absolute Gasteiger partial charge is 0.302 e. The van der Waals surface area contributed by atoms with Gasteiger partial charge < -0.3 is 14.2 Å². The highest BCUT2D eigenvalue weighted by molar-refractivity contribution is 5.65. The average Bonchev–Trinajstić information content (AvgIpc) is 2.45. The summed E-state index contributed by atoms with van der Waals surface area (Å²) in [7, 11) is 0. The lowest BCUT2D eigenvalue weighted by atomic mass is 10.1. The molecule has 0 bridgehead atoms. The zero-order chi connectivity index (χ0) is 9.68. The molecule has 0 spiro atoms. The van der Waals surface area contributed by atoms with Crippen LogP contribution in [0, 0.1) is 5.92 Å². The maximum absolute atomic E-state index is 10.4. The quantitative estimate of drug-likeness (QED) is 0.486. The molecule has 13 heavy (non-hydrogen) atoms. The number of hydrogen-bond acceptors (Lipinski definition) is 4. The largest absolute Gasteiger partial charge is 0.463 e. The van der Waals surface area contributed by atoms with Gasteiger partial charge >= 0.3 is 5.97 Å². The van der Waals surface area contributed by atoms with Crippen LogP contribution in [0.5, 0.6) is 0 Å². The molecule has 0 radical (unpaired) electrons. The lowest BCUT2D eigenvalue weighted by Gasteiger charge is -2.14. The maximum atomic E-state index is 10.4. The van der Waals surface area contributed by atoms with E-state index in [0.717, 1.165) is 13.0 Å². The van der Waals surface area contributed by atoms with E-state index in [1.54, 1.807) is 0 Å². The number of esters is 1. The first-order valence-corrected chi connectivity index (χ1v) is 4.56. The lowest BCUT2D eigenvalue weighted by molar-refractivity contribution is -0.154. The van der Waals surface area contributed by atoms with E-state index in [2.05, 4.69) is 6.92 Å². The second kappa shape index (κ2) is 5.19. The Balaban J connectivity index is 2.02. The molecule has 0 aromatic carbocycles. The third-order valence-electron chi connectivity index (χ3n) is 1.99. The monoisotopic (exact) mass is 188 g/mol. The predicted molar refractivity (Wildman–Crippen MR) is 46.1 cm³/mol. The van der Waals surface area contributed by atoms with Crippen molar-refractivity contribution in [1.82, 2.24) is 0 Å². The van der Waals surface area contributed by atoms with Gasteiger partial charge in [0.2, 0.25) is 0 Å². The van der Waals surface area contributed by atoms with Crippen molar-refractivity contribution in [2.45, 2.75) is 26.6 Å². The van der Waals surface area contributed by atoms with Crippen molar-refractivity contribution in [2.75, 3.05) is 19.8 Å². The summed E-state index contributed by atoms with van der Waals surface area (Å²) in [4.78, 5) is 10.4. The van der Waals surface area contributed by atoms with Gasteiger partial charge in [0.05, 0.1) is 13.2 Å². The van der Waals surface area contributed by atoms with Gasteiger partial charge in [-0.3, -0.25) is 4.79 Å². The molecule has 4 nitrogen and oxygen atoms in total. The molecule has 0 aromatic heterocycles. The van der Waals surface area contributed by atoms with Crippen molar-refractivity contribution in [3.63, 3.8) is 0 Å². The highest BCUT2D eigenvalue weighted by Gasteiger charge is 2.24. The molecule has 1 rings (SSSR count). The molecule has 1 fully saturated rings. The van der Waals surface area contributed by atoms with Crippen LogP contribution in [0.25, 0.3) is 0 Å². The zero-order valence-electron chi connectivity index (χ0n) is 8.12. The lowest BCUT2D eigenvalue weighted by Crippen LogP contribution is -2.20. The van der Waals surface area contributed by atoms with Crippen LogP contribution in [0.4, 0.5) is 0 Å². The van der Waals surface area contributed by atoms with Gasteiger partial charge in [-0.05, 0) is 6.42 Å². The molecule has 0 amide bonds. The van der Waals surface area contributed by atoms with Crippen molar-refractivity contribution in [3.05, 3.63) is 0 Å².